The summed E-state index contributed by atoms with van der Waals surface area (Å²) in [6.07, 6.45) is -0.729. The summed E-state index contributed by atoms with van der Waals surface area (Å²) in [7, 11) is 0. The summed E-state index contributed by atoms with van der Waals surface area (Å²) in [4.78, 5) is 36.5. The molecule has 2 aromatic carbocycles. The van der Waals surface area contributed by atoms with Crippen LogP contribution in [-0.2, 0) is 27.4 Å². The average Bonchev–Trinajstić information content (AvgIpc) is 2.76. The Bertz CT molecular complexity index is 936. The number of aliphatic carboxylic acids is 1. The Morgan fingerprint density at radius 2 is 1.65 bits per heavy atom. The normalized spacial score (nSPS) is 12.3. The molecule has 3 N–H and O–H groups in total. The first-order valence-corrected chi connectivity index (χ1v) is 9.79. The molecule has 0 heterocycles. The van der Waals surface area contributed by atoms with Crippen LogP contribution in [0.2, 0.25) is 0 Å². The molecular weight excluding hydrogens is 398 g/mol. The Morgan fingerprint density at radius 1 is 1.00 bits per heavy atom. The predicted octanol–water partition coefficient (Wildman–Crippen LogP) is 2.62. The summed E-state index contributed by atoms with van der Waals surface area (Å²) in [6.45, 7) is 3.52. The van der Waals surface area contributed by atoms with Crippen molar-refractivity contribution in [2.75, 3.05) is 0 Å². The second-order valence-electron chi connectivity index (χ2n) is 7.34. The van der Waals surface area contributed by atoms with Gasteiger partial charge in [0.1, 0.15) is 18.7 Å². The maximum absolute atomic E-state index is 12.7. The second-order valence-corrected chi connectivity index (χ2v) is 7.34. The lowest BCUT2D eigenvalue weighted by atomic mass is 10.0. The molecule has 0 aliphatic rings. The molecule has 2 amide bonds. The van der Waals surface area contributed by atoms with Gasteiger partial charge >= 0.3 is 12.1 Å². The van der Waals surface area contributed by atoms with Crippen molar-refractivity contribution in [2.24, 2.45) is 5.92 Å². The van der Waals surface area contributed by atoms with Gasteiger partial charge in [-0.05, 0) is 29.2 Å². The molecule has 2 rings (SSSR count). The van der Waals surface area contributed by atoms with Crippen LogP contribution in [0.4, 0.5) is 4.79 Å². The van der Waals surface area contributed by atoms with E-state index in [1.807, 2.05) is 24.3 Å². The minimum atomic E-state index is -1.20. The quantitative estimate of drug-likeness (QED) is 0.569. The van der Waals surface area contributed by atoms with Crippen LogP contribution >= 0.6 is 0 Å². The Morgan fingerprint density at radius 3 is 2.19 bits per heavy atom. The number of carbonyl (C=O) groups excluding carboxylic acids is 2. The van der Waals surface area contributed by atoms with Gasteiger partial charge in [-0.15, -0.1) is 0 Å². The molecule has 0 aliphatic carbocycles. The predicted molar refractivity (Wildman–Crippen MR) is 113 cm³/mol. The van der Waals surface area contributed by atoms with Crippen LogP contribution in [0.5, 0.6) is 0 Å². The Labute approximate surface area is 180 Å². The number of benzene rings is 2. The van der Waals surface area contributed by atoms with E-state index in [4.69, 9.17) is 10.00 Å². The average molecular weight is 423 g/mol. The first-order valence-electron chi connectivity index (χ1n) is 9.79. The first kappa shape index (κ1) is 23.4. The number of ether oxygens (including phenoxy) is 1. The summed E-state index contributed by atoms with van der Waals surface area (Å²) in [5.41, 5.74) is 1.91. The molecule has 0 aliphatic heterocycles. The largest absolute Gasteiger partial charge is 0.480 e. The number of carboxylic acid groups (broad SMARTS) is 1. The second kappa shape index (κ2) is 11.4. The van der Waals surface area contributed by atoms with Crippen molar-refractivity contribution < 1.29 is 24.2 Å². The van der Waals surface area contributed by atoms with Gasteiger partial charge in [-0.1, -0.05) is 56.3 Å². The molecule has 2 atom stereocenters. The molecule has 0 saturated carbocycles. The van der Waals surface area contributed by atoms with Gasteiger partial charge in [-0.3, -0.25) is 4.79 Å². The molecule has 162 valence electrons. The van der Waals surface area contributed by atoms with E-state index in [-0.39, 0.29) is 18.9 Å². The van der Waals surface area contributed by atoms with Gasteiger partial charge in [0.05, 0.1) is 11.6 Å². The van der Waals surface area contributed by atoms with E-state index in [2.05, 4.69) is 10.6 Å². The third kappa shape index (κ3) is 7.48. The monoisotopic (exact) mass is 423 g/mol. The molecule has 8 heteroatoms. The zero-order chi connectivity index (χ0) is 22.8. The van der Waals surface area contributed by atoms with Crippen molar-refractivity contribution in [3.63, 3.8) is 0 Å². The highest BCUT2D eigenvalue weighted by Crippen LogP contribution is 2.09. The van der Waals surface area contributed by atoms with Gasteiger partial charge in [0.15, 0.2) is 0 Å². The fraction of sp³-hybridized carbons (Fsp3) is 0.304. The van der Waals surface area contributed by atoms with Gasteiger partial charge in [-0.25, -0.2) is 9.59 Å². The summed E-state index contributed by atoms with van der Waals surface area (Å²) in [6, 6.07) is 15.4. The van der Waals surface area contributed by atoms with Crippen molar-refractivity contribution in [3.8, 4) is 6.07 Å². The highest BCUT2D eigenvalue weighted by molar-refractivity contribution is 5.89. The van der Waals surface area contributed by atoms with Crippen LogP contribution in [0.3, 0.4) is 0 Å². The molecule has 0 saturated heterocycles. The Hall–Kier alpha value is -3.86. The standard InChI is InChI=1S/C23H25N3O5/c1-15(2)20(26-23(30)31-14-18-6-4-3-5-7-18)21(27)25-19(22(28)29)12-16-8-10-17(13-24)11-9-16/h3-11,15,19-20H,12,14H2,1-2H3,(H,25,27)(H,26,30)(H,28,29)/t19-,20-/m1/s1. The molecule has 0 radical (unpaired) electrons. The van der Waals surface area contributed by atoms with E-state index in [0.717, 1.165) is 5.56 Å². The molecule has 0 aromatic heterocycles. The van der Waals surface area contributed by atoms with E-state index in [1.165, 1.54) is 0 Å². The molecule has 2 aromatic rings. The summed E-state index contributed by atoms with van der Waals surface area (Å²) >= 11 is 0. The summed E-state index contributed by atoms with van der Waals surface area (Å²) < 4.78 is 5.16. The molecule has 0 bridgehead atoms. The van der Waals surface area contributed by atoms with Crippen LogP contribution in [0.1, 0.15) is 30.5 Å². The number of hydrogen-bond acceptors (Lipinski definition) is 5. The van der Waals surface area contributed by atoms with Crippen LogP contribution in [0.25, 0.3) is 0 Å². The molecule has 31 heavy (non-hydrogen) atoms. The highest BCUT2D eigenvalue weighted by atomic mass is 16.5. The maximum Gasteiger partial charge on any atom is 0.408 e. The Balaban J connectivity index is 1.98. The maximum atomic E-state index is 12.7. The van der Waals surface area contributed by atoms with Crippen LogP contribution in [0.15, 0.2) is 54.6 Å². The fourth-order valence-corrected chi connectivity index (χ4v) is 2.84. The van der Waals surface area contributed by atoms with Gasteiger partial charge in [-0.2, -0.15) is 5.26 Å². The topological polar surface area (TPSA) is 129 Å². The number of rotatable bonds is 9. The van der Waals surface area contributed by atoms with Gasteiger partial charge in [0, 0.05) is 6.42 Å². The first-order chi connectivity index (χ1) is 14.8. The molecule has 0 spiro atoms. The lowest BCUT2D eigenvalue weighted by Gasteiger charge is -2.24. The number of nitrogens with zero attached hydrogens (tertiary/aromatic N) is 1. The number of hydrogen-bond donors (Lipinski definition) is 3. The smallest absolute Gasteiger partial charge is 0.408 e. The zero-order valence-electron chi connectivity index (χ0n) is 17.4. The number of nitriles is 1. The van der Waals surface area contributed by atoms with Crippen molar-refractivity contribution in [2.45, 2.75) is 39.0 Å². The van der Waals surface area contributed by atoms with E-state index >= 15 is 0 Å². The third-order valence-corrected chi connectivity index (χ3v) is 4.57. The van der Waals surface area contributed by atoms with Crippen molar-refractivity contribution in [1.29, 1.82) is 5.26 Å². The summed E-state index contributed by atoms with van der Waals surface area (Å²) in [5.74, 6) is -2.12. The number of alkyl carbamates (subject to hydrolysis) is 1. The Kier molecular flexibility index (Phi) is 8.58. The lowest BCUT2D eigenvalue weighted by molar-refractivity contribution is -0.142. The van der Waals surface area contributed by atoms with Crippen LogP contribution in [-0.4, -0.2) is 35.2 Å². The number of carboxylic acids is 1. The van der Waals surface area contributed by atoms with Gasteiger partial charge in [0.25, 0.3) is 0 Å². The molecular formula is C23H25N3O5. The van der Waals surface area contributed by atoms with Crippen molar-refractivity contribution in [1.82, 2.24) is 10.6 Å². The van der Waals surface area contributed by atoms with Gasteiger partial charge in [0.2, 0.25) is 5.91 Å². The SMILES string of the molecule is CC(C)[C@@H](NC(=O)OCc1ccccc1)C(=O)N[C@H](Cc1ccc(C#N)cc1)C(=O)O. The van der Waals surface area contributed by atoms with E-state index < -0.39 is 30.1 Å². The van der Waals surface area contributed by atoms with Crippen molar-refractivity contribution in [3.05, 3.63) is 71.3 Å². The minimum absolute atomic E-state index is 0.0377. The number of nitrogens with one attached hydrogen (secondary N) is 2. The van der Waals surface area contributed by atoms with Gasteiger partial charge < -0.3 is 20.5 Å². The van der Waals surface area contributed by atoms with E-state index in [0.29, 0.717) is 11.1 Å². The number of amides is 2. The van der Waals surface area contributed by atoms with E-state index in [1.54, 1.807) is 50.2 Å². The highest BCUT2D eigenvalue weighted by Gasteiger charge is 2.29. The van der Waals surface area contributed by atoms with Crippen molar-refractivity contribution >= 4 is 18.0 Å². The van der Waals surface area contributed by atoms with Crippen LogP contribution < -0.4 is 10.6 Å². The minimum Gasteiger partial charge on any atom is -0.480 e. The molecule has 8 nitrogen and oxygen atoms in total. The zero-order valence-corrected chi connectivity index (χ0v) is 17.4. The van der Waals surface area contributed by atoms with Crippen LogP contribution in [0, 0.1) is 17.2 Å². The molecule has 0 fully saturated rings. The molecule has 0 unspecified atom stereocenters. The third-order valence-electron chi connectivity index (χ3n) is 4.57. The number of carbonyl (C=O) groups is 3. The summed E-state index contributed by atoms with van der Waals surface area (Å²) in [5, 5.41) is 23.4. The fourth-order valence-electron chi connectivity index (χ4n) is 2.84. The lowest BCUT2D eigenvalue weighted by Crippen LogP contribution is -2.54. The van der Waals surface area contributed by atoms with E-state index in [9.17, 15) is 19.5 Å².